The highest BCUT2D eigenvalue weighted by Gasteiger charge is 2.33. The molecule has 1 aromatic carbocycles. The molecule has 1 amide bonds. The van der Waals surface area contributed by atoms with Gasteiger partial charge in [-0.05, 0) is 31.9 Å². The Morgan fingerprint density at radius 2 is 1.84 bits per heavy atom. The number of nitrogens with zero attached hydrogens (tertiary/aromatic N) is 1. The predicted octanol–water partition coefficient (Wildman–Crippen LogP) is 2.21. The lowest BCUT2D eigenvalue weighted by Gasteiger charge is -2.30. The summed E-state index contributed by atoms with van der Waals surface area (Å²) in [5, 5.41) is 8.67. The molecule has 0 atom stereocenters. The maximum Gasteiger partial charge on any atom is 0.305 e. The maximum atomic E-state index is 12.5. The fourth-order valence-electron chi connectivity index (χ4n) is 2.23. The van der Waals surface area contributed by atoms with E-state index in [2.05, 4.69) is 0 Å². The average Bonchev–Trinajstić information content (AvgIpc) is 2.35. The van der Waals surface area contributed by atoms with Crippen LogP contribution in [0.15, 0.2) is 24.3 Å². The summed E-state index contributed by atoms with van der Waals surface area (Å²) in [6.07, 6.45) is -0.0356. The fraction of sp³-hybridized carbons (Fsp3) is 0.467. The lowest BCUT2D eigenvalue weighted by Crippen LogP contribution is -2.42. The monoisotopic (exact) mass is 263 g/mol. The van der Waals surface area contributed by atoms with E-state index in [0.29, 0.717) is 0 Å². The summed E-state index contributed by atoms with van der Waals surface area (Å²) in [6, 6.07) is 7.77. The van der Waals surface area contributed by atoms with Crippen molar-refractivity contribution in [2.75, 3.05) is 13.6 Å². The smallest absolute Gasteiger partial charge is 0.305 e. The van der Waals surface area contributed by atoms with Gasteiger partial charge in [-0.2, -0.15) is 0 Å². The van der Waals surface area contributed by atoms with Crippen molar-refractivity contribution < 1.29 is 14.7 Å². The van der Waals surface area contributed by atoms with Gasteiger partial charge in [0.1, 0.15) is 0 Å². The largest absolute Gasteiger partial charge is 0.481 e. The second-order valence-corrected chi connectivity index (χ2v) is 5.31. The van der Waals surface area contributed by atoms with Crippen LogP contribution in [0.2, 0.25) is 0 Å². The van der Waals surface area contributed by atoms with Crippen LogP contribution in [0, 0.1) is 6.92 Å². The number of aliphatic carboxylic acids is 1. The van der Waals surface area contributed by atoms with Gasteiger partial charge in [-0.25, -0.2) is 0 Å². The summed E-state index contributed by atoms with van der Waals surface area (Å²) < 4.78 is 0. The molecule has 0 saturated carbocycles. The van der Waals surface area contributed by atoms with Crippen molar-refractivity contribution in [1.82, 2.24) is 4.90 Å². The van der Waals surface area contributed by atoms with Gasteiger partial charge in [0.15, 0.2) is 0 Å². The topological polar surface area (TPSA) is 57.6 Å². The van der Waals surface area contributed by atoms with Crippen LogP contribution in [0.5, 0.6) is 0 Å². The molecule has 0 saturated heterocycles. The number of amides is 1. The van der Waals surface area contributed by atoms with Crippen molar-refractivity contribution >= 4 is 11.9 Å². The molecule has 104 valence electrons. The van der Waals surface area contributed by atoms with E-state index in [9.17, 15) is 9.59 Å². The van der Waals surface area contributed by atoms with Gasteiger partial charge >= 0.3 is 5.97 Å². The van der Waals surface area contributed by atoms with Gasteiger partial charge in [0.05, 0.1) is 11.8 Å². The van der Waals surface area contributed by atoms with Gasteiger partial charge in [0, 0.05) is 13.6 Å². The number of benzene rings is 1. The van der Waals surface area contributed by atoms with Crippen LogP contribution in [-0.2, 0) is 15.0 Å². The minimum absolute atomic E-state index is 0.0356. The van der Waals surface area contributed by atoms with Crippen LogP contribution >= 0.6 is 0 Å². The van der Waals surface area contributed by atoms with Crippen molar-refractivity contribution in [3.8, 4) is 0 Å². The second kappa shape index (κ2) is 5.87. The predicted molar refractivity (Wildman–Crippen MR) is 74.1 cm³/mol. The number of carboxylic acid groups (broad SMARTS) is 1. The van der Waals surface area contributed by atoms with E-state index in [0.717, 1.165) is 11.1 Å². The van der Waals surface area contributed by atoms with Crippen LogP contribution in [0.4, 0.5) is 0 Å². The van der Waals surface area contributed by atoms with E-state index >= 15 is 0 Å². The molecule has 0 aliphatic rings. The Morgan fingerprint density at radius 1 is 1.26 bits per heavy atom. The third kappa shape index (κ3) is 3.56. The summed E-state index contributed by atoms with van der Waals surface area (Å²) in [5.74, 6) is -0.962. The second-order valence-electron chi connectivity index (χ2n) is 5.31. The molecular weight excluding hydrogens is 242 g/mol. The van der Waals surface area contributed by atoms with Gasteiger partial charge in [-0.1, -0.05) is 24.3 Å². The van der Waals surface area contributed by atoms with Crippen molar-refractivity contribution in [3.05, 3.63) is 35.4 Å². The Morgan fingerprint density at radius 3 is 2.37 bits per heavy atom. The Balaban J connectivity index is 2.91. The molecule has 1 aromatic rings. The molecular formula is C15H21NO3. The van der Waals surface area contributed by atoms with E-state index < -0.39 is 11.4 Å². The molecule has 0 heterocycles. The van der Waals surface area contributed by atoms with Crippen LogP contribution in [0.1, 0.15) is 31.4 Å². The van der Waals surface area contributed by atoms with E-state index in [-0.39, 0.29) is 18.9 Å². The molecule has 0 fully saturated rings. The molecule has 4 heteroatoms. The highest BCUT2D eigenvalue weighted by molar-refractivity contribution is 5.87. The van der Waals surface area contributed by atoms with Crippen LogP contribution < -0.4 is 0 Å². The van der Waals surface area contributed by atoms with Crippen molar-refractivity contribution in [3.63, 3.8) is 0 Å². The lowest BCUT2D eigenvalue weighted by atomic mass is 9.81. The van der Waals surface area contributed by atoms with Gasteiger partial charge in [0.25, 0.3) is 0 Å². The number of carbonyl (C=O) groups excluding carboxylic acids is 1. The molecule has 0 aliphatic heterocycles. The van der Waals surface area contributed by atoms with Gasteiger partial charge in [0.2, 0.25) is 5.91 Å². The molecule has 4 nitrogen and oxygen atoms in total. The quantitative estimate of drug-likeness (QED) is 0.886. The zero-order valence-corrected chi connectivity index (χ0v) is 11.9. The lowest BCUT2D eigenvalue weighted by molar-refractivity contribution is -0.139. The Kier molecular flexibility index (Phi) is 4.70. The molecule has 0 unspecified atom stereocenters. The number of aryl methyl sites for hydroxylation is 1. The Hall–Kier alpha value is -1.84. The first-order valence-electron chi connectivity index (χ1n) is 6.30. The molecule has 0 aromatic heterocycles. The molecule has 1 rings (SSSR count). The number of hydrogen-bond donors (Lipinski definition) is 1. The van der Waals surface area contributed by atoms with Crippen LogP contribution in [0.25, 0.3) is 0 Å². The van der Waals surface area contributed by atoms with E-state index in [1.807, 2.05) is 45.0 Å². The fourth-order valence-corrected chi connectivity index (χ4v) is 2.23. The highest BCUT2D eigenvalue weighted by Crippen LogP contribution is 2.28. The first-order chi connectivity index (χ1) is 8.76. The molecule has 1 N–H and O–H groups in total. The third-order valence-electron chi connectivity index (χ3n) is 3.36. The SMILES string of the molecule is Cc1ccccc1C(C)(C)C(=O)N(C)CCC(=O)O. The molecule has 0 radical (unpaired) electrons. The summed E-state index contributed by atoms with van der Waals surface area (Å²) in [5.41, 5.74) is 1.38. The molecule has 0 aliphatic carbocycles. The Labute approximate surface area is 114 Å². The zero-order chi connectivity index (χ0) is 14.6. The first kappa shape index (κ1) is 15.2. The number of hydrogen-bond acceptors (Lipinski definition) is 2. The third-order valence-corrected chi connectivity index (χ3v) is 3.36. The summed E-state index contributed by atoms with van der Waals surface area (Å²) >= 11 is 0. The van der Waals surface area contributed by atoms with Crippen molar-refractivity contribution in [1.29, 1.82) is 0 Å². The maximum absolute atomic E-state index is 12.5. The minimum atomic E-state index is -0.895. The standard InChI is InChI=1S/C15H21NO3/c1-11-7-5-6-8-12(11)15(2,3)14(19)16(4)10-9-13(17)18/h5-8H,9-10H2,1-4H3,(H,17,18). The number of rotatable bonds is 5. The Bertz CT molecular complexity index is 480. The number of carbonyl (C=O) groups is 2. The van der Waals surface area contributed by atoms with Gasteiger partial charge < -0.3 is 10.0 Å². The van der Waals surface area contributed by atoms with E-state index in [1.54, 1.807) is 7.05 Å². The highest BCUT2D eigenvalue weighted by atomic mass is 16.4. The molecule has 0 spiro atoms. The van der Waals surface area contributed by atoms with Crippen LogP contribution in [0.3, 0.4) is 0 Å². The molecule has 0 bridgehead atoms. The summed E-state index contributed by atoms with van der Waals surface area (Å²) in [6.45, 7) is 5.94. The zero-order valence-electron chi connectivity index (χ0n) is 11.9. The van der Waals surface area contributed by atoms with Crippen molar-refractivity contribution in [2.45, 2.75) is 32.6 Å². The normalized spacial score (nSPS) is 11.2. The first-order valence-corrected chi connectivity index (χ1v) is 6.30. The number of likely N-dealkylation sites (N-methyl/N-ethyl adjacent to an activating group) is 1. The average molecular weight is 263 g/mol. The minimum Gasteiger partial charge on any atom is -0.481 e. The number of carboxylic acids is 1. The van der Waals surface area contributed by atoms with E-state index in [1.165, 1.54) is 4.90 Å². The van der Waals surface area contributed by atoms with E-state index in [4.69, 9.17) is 5.11 Å². The van der Waals surface area contributed by atoms with Crippen molar-refractivity contribution in [2.24, 2.45) is 0 Å². The summed E-state index contributed by atoms with van der Waals surface area (Å²) in [4.78, 5) is 24.5. The summed E-state index contributed by atoms with van der Waals surface area (Å²) in [7, 11) is 1.64. The van der Waals surface area contributed by atoms with Gasteiger partial charge in [-0.15, -0.1) is 0 Å². The van der Waals surface area contributed by atoms with Gasteiger partial charge in [-0.3, -0.25) is 9.59 Å². The molecule has 19 heavy (non-hydrogen) atoms. The van der Waals surface area contributed by atoms with Crippen LogP contribution in [-0.4, -0.2) is 35.5 Å².